The van der Waals surface area contributed by atoms with Crippen LogP contribution in [0.5, 0.6) is 0 Å². The molecular formula is C13H19BrO2. The van der Waals surface area contributed by atoms with E-state index < -0.39 is 0 Å². The van der Waals surface area contributed by atoms with Crippen LogP contribution in [0.1, 0.15) is 24.0 Å². The first-order chi connectivity index (χ1) is 7.76. The predicted molar refractivity (Wildman–Crippen MR) is 69.8 cm³/mol. The van der Waals surface area contributed by atoms with E-state index in [1.165, 1.54) is 11.1 Å². The number of rotatable bonds is 7. The van der Waals surface area contributed by atoms with Crippen LogP contribution in [0.4, 0.5) is 0 Å². The van der Waals surface area contributed by atoms with Crippen molar-refractivity contribution in [3.05, 3.63) is 35.4 Å². The van der Waals surface area contributed by atoms with Gasteiger partial charge in [-0.15, -0.1) is 0 Å². The van der Waals surface area contributed by atoms with Crippen molar-refractivity contribution in [2.75, 3.05) is 12.4 Å². The zero-order valence-corrected chi connectivity index (χ0v) is 11.5. The van der Waals surface area contributed by atoms with Gasteiger partial charge in [-0.25, -0.2) is 0 Å². The average Bonchev–Trinajstić information content (AvgIpc) is 2.32. The van der Waals surface area contributed by atoms with Crippen molar-refractivity contribution in [3.63, 3.8) is 0 Å². The molecule has 0 aromatic heterocycles. The predicted octanol–water partition coefficient (Wildman–Crippen LogP) is 3.66. The molecular weight excluding hydrogens is 268 g/mol. The molecule has 0 aliphatic heterocycles. The summed E-state index contributed by atoms with van der Waals surface area (Å²) in [7, 11) is 1.69. The maximum absolute atomic E-state index is 5.68. The molecule has 0 spiro atoms. The van der Waals surface area contributed by atoms with E-state index in [1.807, 2.05) is 0 Å². The quantitative estimate of drug-likeness (QED) is 0.563. The van der Waals surface area contributed by atoms with Crippen molar-refractivity contribution in [1.82, 2.24) is 0 Å². The lowest BCUT2D eigenvalue weighted by molar-refractivity contribution is -0.135. The fraction of sp³-hybridized carbons (Fsp3) is 0.538. The van der Waals surface area contributed by atoms with Gasteiger partial charge in [-0.2, -0.15) is 0 Å². The molecule has 3 heteroatoms. The fourth-order valence-corrected chi connectivity index (χ4v) is 1.71. The Bertz CT molecular complexity index is 284. The van der Waals surface area contributed by atoms with Crippen LogP contribution in [-0.2, 0) is 16.1 Å². The number of methoxy groups -OCH3 is 1. The van der Waals surface area contributed by atoms with Crippen molar-refractivity contribution in [3.8, 4) is 0 Å². The molecule has 1 rings (SSSR count). The van der Waals surface area contributed by atoms with Crippen LogP contribution in [0.3, 0.4) is 0 Å². The lowest BCUT2D eigenvalue weighted by Gasteiger charge is -2.15. The van der Waals surface area contributed by atoms with Gasteiger partial charge in [0.25, 0.3) is 0 Å². The van der Waals surface area contributed by atoms with Gasteiger partial charge in [0.15, 0.2) is 6.29 Å². The molecule has 0 saturated heterocycles. The smallest absolute Gasteiger partial charge is 0.157 e. The number of halogens is 1. The van der Waals surface area contributed by atoms with E-state index in [4.69, 9.17) is 9.47 Å². The lowest BCUT2D eigenvalue weighted by atomic mass is 10.2. The maximum Gasteiger partial charge on any atom is 0.157 e. The molecule has 0 bridgehead atoms. The Morgan fingerprint density at radius 3 is 2.50 bits per heavy atom. The minimum Gasteiger partial charge on any atom is -0.356 e. The number of aryl methyl sites for hydroxylation is 1. The second-order valence-electron chi connectivity index (χ2n) is 3.79. The summed E-state index contributed by atoms with van der Waals surface area (Å²) in [6, 6.07) is 8.37. The largest absolute Gasteiger partial charge is 0.356 e. The van der Waals surface area contributed by atoms with Crippen LogP contribution in [0.25, 0.3) is 0 Å². The Morgan fingerprint density at radius 2 is 1.94 bits per heavy atom. The van der Waals surface area contributed by atoms with E-state index in [0.717, 1.165) is 18.2 Å². The Labute approximate surface area is 106 Å². The molecule has 0 amide bonds. The van der Waals surface area contributed by atoms with Crippen LogP contribution < -0.4 is 0 Å². The van der Waals surface area contributed by atoms with Crippen molar-refractivity contribution in [2.24, 2.45) is 0 Å². The molecule has 16 heavy (non-hydrogen) atoms. The second kappa shape index (κ2) is 7.82. The van der Waals surface area contributed by atoms with Gasteiger partial charge in [0.05, 0.1) is 6.61 Å². The highest BCUT2D eigenvalue weighted by Crippen LogP contribution is 2.10. The van der Waals surface area contributed by atoms with Gasteiger partial charge in [0.2, 0.25) is 0 Å². The summed E-state index contributed by atoms with van der Waals surface area (Å²) >= 11 is 3.40. The average molecular weight is 287 g/mol. The number of alkyl halides is 1. The van der Waals surface area contributed by atoms with E-state index in [0.29, 0.717) is 6.61 Å². The molecule has 0 saturated carbocycles. The molecule has 0 aliphatic carbocycles. The molecule has 0 N–H and O–H groups in total. The van der Waals surface area contributed by atoms with Crippen molar-refractivity contribution >= 4 is 15.9 Å². The molecule has 1 atom stereocenters. The molecule has 0 radical (unpaired) electrons. The Balaban J connectivity index is 2.34. The summed E-state index contributed by atoms with van der Waals surface area (Å²) in [4.78, 5) is 0. The van der Waals surface area contributed by atoms with Crippen molar-refractivity contribution in [2.45, 2.75) is 32.7 Å². The van der Waals surface area contributed by atoms with E-state index in [9.17, 15) is 0 Å². The first kappa shape index (κ1) is 13.7. The number of ether oxygens (including phenoxy) is 2. The van der Waals surface area contributed by atoms with Gasteiger partial charge in [0, 0.05) is 12.4 Å². The van der Waals surface area contributed by atoms with Gasteiger partial charge in [-0.3, -0.25) is 0 Å². The first-order valence-electron chi connectivity index (χ1n) is 5.52. The normalized spacial score (nSPS) is 12.7. The zero-order chi connectivity index (χ0) is 11.8. The maximum atomic E-state index is 5.68. The minimum absolute atomic E-state index is 0.0983. The minimum atomic E-state index is -0.0983. The molecule has 0 fully saturated rings. The van der Waals surface area contributed by atoms with Gasteiger partial charge < -0.3 is 9.47 Å². The SMILES string of the molecule is COC(CCCBr)OCc1ccc(C)cc1. The van der Waals surface area contributed by atoms with Crippen molar-refractivity contribution < 1.29 is 9.47 Å². The van der Waals surface area contributed by atoms with Crippen LogP contribution >= 0.6 is 15.9 Å². The standard InChI is InChI=1S/C13H19BrO2/c1-11-5-7-12(8-6-11)10-16-13(15-2)4-3-9-14/h5-8,13H,3-4,9-10H2,1-2H3. The van der Waals surface area contributed by atoms with Gasteiger partial charge in [-0.1, -0.05) is 45.8 Å². The molecule has 1 aromatic rings. The van der Waals surface area contributed by atoms with Crippen LogP contribution in [0, 0.1) is 6.92 Å². The van der Waals surface area contributed by atoms with E-state index >= 15 is 0 Å². The fourth-order valence-electron chi connectivity index (χ4n) is 1.39. The van der Waals surface area contributed by atoms with Gasteiger partial charge >= 0.3 is 0 Å². The number of hydrogen-bond acceptors (Lipinski definition) is 2. The van der Waals surface area contributed by atoms with Crippen LogP contribution in [0.15, 0.2) is 24.3 Å². The summed E-state index contributed by atoms with van der Waals surface area (Å²) in [5.74, 6) is 0. The van der Waals surface area contributed by atoms with Gasteiger partial charge in [0.1, 0.15) is 0 Å². The second-order valence-corrected chi connectivity index (χ2v) is 4.59. The molecule has 0 aliphatic rings. The molecule has 0 heterocycles. The first-order valence-corrected chi connectivity index (χ1v) is 6.64. The molecule has 1 unspecified atom stereocenters. The lowest BCUT2D eigenvalue weighted by Crippen LogP contribution is -2.15. The Hall–Kier alpha value is -0.380. The van der Waals surface area contributed by atoms with Crippen LogP contribution in [-0.4, -0.2) is 18.7 Å². The van der Waals surface area contributed by atoms with E-state index in [-0.39, 0.29) is 6.29 Å². The van der Waals surface area contributed by atoms with E-state index in [2.05, 4.69) is 47.1 Å². The Morgan fingerprint density at radius 1 is 1.25 bits per heavy atom. The molecule has 2 nitrogen and oxygen atoms in total. The summed E-state index contributed by atoms with van der Waals surface area (Å²) in [5.41, 5.74) is 2.46. The summed E-state index contributed by atoms with van der Waals surface area (Å²) in [6.07, 6.45) is 1.89. The highest BCUT2D eigenvalue weighted by Gasteiger charge is 2.06. The van der Waals surface area contributed by atoms with Crippen LogP contribution in [0.2, 0.25) is 0 Å². The number of hydrogen-bond donors (Lipinski definition) is 0. The third-order valence-electron chi connectivity index (χ3n) is 2.39. The molecule has 90 valence electrons. The van der Waals surface area contributed by atoms with Gasteiger partial charge in [-0.05, 0) is 25.3 Å². The zero-order valence-electron chi connectivity index (χ0n) is 9.91. The third-order valence-corrected chi connectivity index (χ3v) is 2.95. The number of benzene rings is 1. The summed E-state index contributed by atoms with van der Waals surface area (Å²) in [6.45, 7) is 2.69. The summed E-state index contributed by atoms with van der Waals surface area (Å²) in [5, 5.41) is 0.987. The van der Waals surface area contributed by atoms with E-state index in [1.54, 1.807) is 7.11 Å². The molecule has 1 aromatic carbocycles. The highest BCUT2D eigenvalue weighted by molar-refractivity contribution is 9.09. The Kier molecular flexibility index (Phi) is 6.69. The monoisotopic (exact) mass is 286 g/mol. The highest BCUT2D eigenvalue weighted by atomic mass is 79.9. The topological polar surface area (TPSA) is 18.5 Å². The third kappa shape index (κ3) is 5.10. The van der Waals surface area contributed by atoms with Crippen molar-refractivity contribution in [1.29, 1.82) is 0 Å². The summed E-state index contributed by atoms with van der Waals surface area (Å²) < 4.78 is 10.9.